The first-order chi connectivity index (χ1) is 10.1. The van der Waals surface area contributed by atoms with Crippen molar-refractivity contribution in [3.63, 3.8) is 0 Å². The van der Waals surface area contributed by atoms with E-state index in [4.69, 9.17) is 11.6 Å². The molecule has 112 valence electrons. The van der Waals surface area contributed by atoms with E-state index in [0.717, 1.165) is 17.8 Å². The summed E-state index contributed by atoms with van der Waals surface area (Å²) in [4.78, 5) is 14.2. The highest BCUT2D eigenvalue weighted by Gasteiger charge is 2.14. The van der Waals surface area contributed by atoms with Crippen LogP contribution in [0.4, 0.5) is 10.5 Å². The van der Waals surface area contributed by atoms with Gasteiger partial charge in [0, 0.05) is 36.2 Å². The van der Waals surface area contributed by atoms with E-state index in [1.807, 2.05) is 34.8 Å². The molecular weight excluding hydrogens is 286 g/mol. The molecule has 0 fully saturated rings. The van der Waals surface area contributed by atoms with Gasteiger partial charge in [-0.05, 0) is 42.8 Å². The molecule has 0 saturated carbocycles. The molecule has 0 aliphatic rings. The maximum Gasteiger partial charge on any atom is 0.322 e. The number of urea groups is 1. The number of aromatic nitrogens is 1. The highest BCUT2D eigenvalue weighted by atomic mass is 35.5. The van der Waals surface area contributed by atoms with E-state index in [2.05, 4.69) is 12.2 Å². The maximum atomic E-state index is 12.4. The summed E-state index contributed by atoms with van der Waals surface area (Å²) in [5.74, 6) is 0. The molecule has 0 spiro atoms. The molecule has 1 N–H and O–H groups in total. The van der Waals surface area contributed by atoms with Crippen molar-refractivity contribution in [1.82, 2.24) is 9.47 Å². The molecule has 21 heavy (non-hydrogen) atoms. The van der Waals surface area contributed by atoms with Crippen LogP contribution in [-0.2, 0) is 13.6 Å². The monoisotopic (exact) mass is 305 g/mol. The maximum absolute atomic E-state index is 12.4. The quantitative estimate of drug-likeness (QED) is 0.886. The number of rotatable bonds is 5. The summed E-state index contributed by atoms with van der Waals surface area (Å²) >= 11 is 5.85. The Morgan fingerprint density at radius 2 is 2.00 bits per heavy atom. The Balaban J connectivity index is 2.04. The van der Waals surface area contributed by atoms with E-state index in [1.165, 1.54) is 0 Å². The Morgan fingerprint density at radius 3 is 2.57 bits per heavy atom. The van der Waals surface area contributed by atoms with Gasteiger partial charge in [0.25, 0.3) is 0 Å². The van der Waals surface area contributed by atoms with Crippen molar-refractivity contribution in [2.75, 3.05) is 11.9 Å². The molecule has 2 rings (SSSR count). The molecule has 1 heterocycles. The number of carbonyl (C=O) groups is 1. The lowest BCUT2D eigenvalue weighted by Gasteiger charge is -2.23. The summed E-state index contributed by atoms with van der Waals surface area (Å²) < 4.78 is 2.03. The van der Waals surface area contributed by atoms with Crippen LogP contribution in [0.2, 0.25) is 5.02 Å². The highest BCUT2D eigenvalue weighted by Crippen LogP contribution is 2.15. The number of benzene rings is 1. The summed E-state index contributed by atoms with van der Waals surface area (Å²) in [6, 6.07) is 11.0. The number of nitrogens with zero attached hydrogens (tertiary/aromatic N) is 2. The largest absolute Gasteiger partial charge is 0.353 e. The standard InChI is InChI=1S/C16H20ClN3O/c1-3-10-20(12-15-5-4-11-19(15)2)16(21)18-14-8-6-13(17)7-9-14/h4-9,11H,3,10,12H2,1-2H3,(H,18,21). The van der Waals surface area contributed by atoms with Crippen LogP contribution < -0.4 is 5.32 Å². The fraction of sp³-hybridized carbons (Fsp3) is 0.312. The zero-order chi connectivity index (χ0) is 15.2. The van der Waals surface area contributed by atoms with Gasteiger partial charge < -0.3 is 14.8 Å². The minimum atomic E-state index is -0.0969. The molecule has 1 aromatic heterocycles. The van der Waals surface area contributed by atoms with Crippen LogP contribution in [0, 0.1) is 0 Å². The van der Waals surface area contributed by atoms with Gasteiger partial charge in [0.15, 0.2) is 0 Å². The van der Waals surface area contributed by atoms with Gasteiger partial charge in [0.1, 0.15) is 0 Å². The van der Waals surface area contributed by atoms with Crippen molar-refractivity contribution in [1.29, 1.82) is 0 Å². The van der Waals surface area contributed by atoms with Crippen LogP contribution in [0.25, 0.3) is 0 Å². The Hall–Kier alpha value is -1.94. The second kappa shape index (κ2) is 7.18. The van der Waals surface area contributed by atoms with Crippen LogP contribution in [0.1, 0.15) is 19.0 Å². The lowest BCUT2D eigenvalue weighted by atomic mass is 10.3. The second-order valence-corrected chi connectivity index (χ2v) is 5.41. The zero-order valence-corrected chi connectivity index (χ0v) is 13.1. The third kappa shape index (κ3) is 4.26. The number of hydrogen-bond acceptors (Lipinski definition) is 1. The van der Waals surface area contributed by atoms with Crippen LogP contribution in [-0.4, -0.2) is 22.0 Å². The molecule has 2 aromatic rings. The molecule has 2 amide bonds. The predicted octanol–water partition coefficient (Wildman–Crippen LogP) is 4.12. The Bertz CT molecular complexity index is 592. The van der Waals surface area contributed by atoms with Crippen LogP contribution in [0.15, 0.2) is 42.6 Å². The van der Waals surface area contributed by atoms with Crippen molar-refractivity contribution < 1.29 is 4.79 Å². The molecule has 0 unspecified atom stereocenters. The van der Waals surface area contributed by atoms with Gasteiger partial charge in [-0.25, -0.2) is 4.79 Å². The number of nitrogens with one attached hydrogen (secondary N) is 1. The van der Waals surface area contributed by atoms with E-state index in [1.54, 1.807) is 24.3 Å². The van der Waals surface area contributed by atoms with Crippen LogP contribution in [0.3, 0.4) is 0 Å². The summed E-state index contributed by atoms with van der Waals surface area (Å²) in [6.45, 7) is 3.37. The average molecular weight is 306 g/mol. The molecule has 0 bridgehead atoms. The molecule has 0 atom stereocenters. The SMILES string of the molecule is CCCN(Cc1cccn1C)C(=O)Nc1ccc(Cl)cc1. The Morgan fingerprint density at radius 1 is 1.29 bits per heavy atom. The first kappa shape index (κ1) is 15.4. The predicted molar refractivity (Wildman–Crippen MR) is 86.6 cm³/mol. The fourth-order valence-corrected chi connectivity index (χ4v) is 2.24. The minimum Gasteiger partial charge on any atom is -0.353 e. The molecule has 0 radical (unpaired) electrons. The summed E-state index contributed by atoms with van der Waals surface area (Å²) in [5.41, 5.74) is 1.85. The Kier molecular flexibility index (Phi) is 5.28. The smallest absolute Gasteiger partial charge is 0.322 e. The topological polar surface area (TPSA) is 37.3 Å². The van der Waals surface area contributed by atoms with Crippen LogP contribution >= 0.6 is 11.6 Å². The fourth-order valence-electron chi connectivity index (χ4n) is 2.11. The van der Waals surface area contributed by atoms with E-state index in [9.17, 15) is 4.79 Å². The lowest BCUT2D eigenvalue weighted by Crippen LogP contribution is -2.35. The number of anilines is 1. The first-order valence-corrected chi connectivity index (χ1v) is 7.39. The number of aryl methyl sites for hydroxylation is 1. The van der Waals surface area contributed by atoms with Crippen molar-refractivity contribution in [2.45, 2.75) is 19.9 Å². The molecule has 4 nitrogen and oxygen atoms in total. The molecule has 0 aliphatic heterocycles. The van der Waals surface area contributed by atoms with Crippen LogP contribution in [0.5, 0.6) is 0 Å². The van der Waals surface area contributed by atoms with Gasteiger partial charge in [-0.2, -0.15) is 0 Å². The van der Waals surface area contributed by atoms with Crippen molar-refractivity contribution >= 4 is 23.3 Å². The minimum absolute atomic E-state index is 0.0969. The second-order valence-electron chi connectivity index (χ2n) is 4.97. The lowest BCUT2D eigenvalue weighted by molar-refractivity contribution is 0.208. The van der Waals surface area contributed by atoms with Gasteiger partial charge in [-0.1, -0.05) is 18.5 Å². The third-order valence-corrected chi connectivity index (χ3v) is 3.53. The zero-order valence-electron chi connectivity index (χ0n) is 12.3. The van der Waals surface area contributed by atoms with E-state index in [-0.39, 0.29) is 6.03 Å². The van der Waals surface area contributed by atoms with E-state index >= 15 is 0 Å². The van der Waals surface area contributed by atoms with E-state index < -0.39 is 0 Å². The summed E-state index contributed by atoms with van der Waals surface area (Å²) in [7, 11) is 1.98. The molecule has 0 saturated heterocycles. The molecule has 5 heteroatoms. The van der Waals surface area contributed by atoms with Gasteiger partial charge in [-0.3, -0.25) is 0 Å². The normalized spacial score (nSPS) is 10.4. The molecular formula is C16H20ClN3O. The highest BCUT2D eigenvalue weighted by molar-refractivity contribution is 6.30. The van der Waals surface area contributed by atoms with Crippen molar-refractivity contribution in [3.8, 4) is 0 Å². The molecule has 0 aliphatic carbocycles. The van der Waals surface area contributed by atoms with Gasteiger partial charge >= 0.3 is 6.03 Å². The third-order valence-electron chi connectivity index (χ3n) is 3.28. The van der Waals surface area contributed by atoms with Gasteiger partial charge in [-0.15, -0.1) is 0 Å². The number of halogens is 1. The number of amides is 2. The summed E-state index contributed by atoms with van der Waals surface area (Å²) in [6.07, 6.45) is 2.90. The molecule has 1 aromatic carbocycles. The van der Waals surface area contributed by atoms with Gasteiger partial charge in [0.2, 0.25) is 0 Å². The number of carbonyl (C=O) groups excluding carboxylic acids is 1. The summed E-state index contributed by atoms with van der Waals surface area (Å²) in [5, 5.41) is 3.56. The number of hydrogen-bond donors (Lipinski definition) is 1. The first-order valence-electron chi connectivity index (χ1n) is 7.02. The van der Waals surface area contributed by atoms with Gasteiger partial charge in [0.05, 0.1) is 6.54 Å². The average Bonchev–Trinajstić information content (AvgIpc) is 2.86. The van der Waals surface area contributed by atoms with Crippen molar-refractivity contribution in [3.05, 3.63) is 53.3 Å². The Labute approximate surface area is 130 Å². The van der Waals surface area contributed by atoms with Crippen molar-refractivity contribution in [2.24, 2.45) is 7.05 Å². The van der Waals surface area contributed by atoms with E-state index in [0.29, 0.717) is 18.1 Å².